The van der Waals surface area contributed by atoms with Crippen molar-refractivity contribution in [3.05, 3.63) is 75.9 Å². The first kappa shape index (κ1) is 18.4. The predicted octanol–water partition coefficient (Wildman–Crippen LogP) is 5.56. The van der Waals surface area contributed by atoms with E-state index in [4.69, 9.17) is 38.4 Å². The van der Waals surface area contributed by atoms with Crippen LogP contribution in [0.5, 0.6) is 17.4 Å². The summed E-state index contributed by atoms with van der Waals surface area (Å²) < 4.78 is 11.2. The van der Waals surface area contributed by atoms with Gasteiger partial charge in [0.05, 0.1) is 7.11 Å². The van der Waals surface area contributed by atoms with Crippen molar-refractivity contribution >= 4 is 28.9 Å². The molecule has 6 heteroatoms. The molecule has 134 valence electrons. The number of anilines is 1. The van der Waals surface area contributed by atoms with Crippen molar-refractivity contribution in [2.75, 3.05) is 12.8 Å². The summed E-state index contributed by atoms with van der Waals surface area (Å²) in [6.07, 6.45) is 1.58. The minimum Gasteiger partial charge on any atom is -0.480 e. The third kappa shape index (κ3) is 4.59. The minimum atomic E-state index is 0.300. The Morgan fingerprint density at radius 3 is 2.46 bits per heavy atom. The van der Waals surface area contributed by atoms with Crippen LogP contribution in [0.3, 0.4) is 0 Å². The molecule has 0 bridgehead atoms. The largest absolute Gasteiger partial charge is 0.480 e. The van der Waals surface area contributed by atoms with Gasteiger partial charge in [-0.05, 0) is 30.5 Å². The van der Waals surface area contributed by atoms with Gasteiger partial charge in [0, 0.05) is 28.5 Å². The summed E-state index contributed by atoms with van der Waals surface area (Å²) >= 11 is 12.4. The van der Waals surface area contributed by atoms with Gasteiger partial charge in [-0.15, -0.1) is 0 Å². The maximum Gasteiger partial charge on any atom is 0.236 e. The smallest absolute Gasteiger partial charge is 0.236 e. The van der Waals surface area contributed by atoms with Crippen LogP contribution in [0.25, 0.3) is 0 Å². The molecule has 0 atom stereocenters. The van der Waals surface area contributed by atoms with E-state index in [0.717, 1.165) is 18.5 Å². The highest BCUT2D eigenvalue weighted by molar-refractivity contribution is 6.33. The Morgan fingerprint density at radius 1 is 1.00 bits per heavy atom. The molecule has 0 unspecified atom stereocenters. The van der Waals surface area contributed by atoms with Crippen LogP contribution < -0.4 is 15.2 Å². The van der Waals surface area contributed by atoms with E-state index in [0.29, 0.717) is 33.1 Å². The summed E-state index contributed by atoms with van der Waals surface area (Å²) in [6.45, 7) is 0. The second-order valence-electron chi connectivity index (χ2n) is 5.74. The van der Waals surface area contributed by atoms with Gasteiger partial charge in [0.15, 0.2) is 5.75 Å². The highest BCUT2D eigenvalue weighted by Gasteiger charge is 2.14. The molecule has 0 saturated carbocycles. The first-order valence-corrected chi connectivity index (χ1v) is 8.82. The van der Waals surface area contributed by atoms with E-state index in [-0.39, 0.29) is 0 Å². The van der Waals surface area contributed by atoms with Gasteiger partial charge in [-0.2, -0.15) is 0 Å². The molecule has 2 N–H and O–H groups in total. The van der Waals surface area contributed by atoms with Crippen molar-refractivity contribution in [1.82, 2.24) is 4.98 Å². The first-order chi connectivity index (χ1) is 12.5. The Balaban J connectivity index is 1.86. The summed E-state index contributed by atoms with van der Waals surface area (Å²) in [5.74, 6) is 1.27. The summed E-state index contributed by atoms with van der Waals surface area (Å²) in [5.41, 5.74) is 8.37. The summed E-state index contributed by atoms with van der Waals surface area (Å²) in [7, 11) is 1.52. The maximum absolute atomic E-state index is 6.35. The highest BCUT2D eigenvalue weighted by Crippen LogP contribution is 2.37. The van der Waals surface area contributed by atoms with E-state index in [1.807, 2.05) is 24.3 Å². The lowest BCUT2D eigenvalue weighted by molar-refractivity contribution is 0.390. The monoisotopic (exact) mass is 388 g/mol. The molecule has 1 heterocycles. The van der Waals surface area contributed by atoms with E-state index in [1.165, 1.54) is 12.7 Å². The van der Waals surface area contributed by atoms with Crippen LogP contribution in [0.1, 0.15) is 11.3 Å². The van der Waals surface area contributed by atoms with E-state index >= 15 is 0 Å². The third-order valence-corrected chi connectivity index (χ3v) is 4.34. The van der Waals surface area contributed by atoms with Gasteiger partial charge in [-0.1, -0.05) is 53.5 Å². The Labute approximate surface area is 162 Å². The molecule has 1 aromatic heterocycles. The lowest BCUT2D eigenvalue weighted by Gasteiger charge is -2.13. The number of nitrogens with zero attached hydrogens (tertiary/aromatic N) is 1. The second kappa shape index (κ2) is 8.30. The molecule has 26 heavy (non-hydrogen) atoms. The quantitative estimate of drug-likeness (QED) is 0.561. The number of rotatable bonds is 6. The Hall–Kier alpha value is -2.43. The number of nitrogens with two attached hydrogens (primary N) is 1. The highest BCUT2D eigenvalue weighted by atomic mass is 35.5. The fraction of sp³-hybridized carbons (Fsp3) is 0.150. The van der Waals surface area contributed by atoms with Crippen molar-refractivity contribution in [2.45, 2.75) is 12.8 Å². The molecule has 0 fully saturated rings. The molecule has 3 aromatic rings. The van der Waals surface area contributed by atoms with Crippen molar-refractivity contribution in [2.24, 2.45) is 0 Å². The SMILES string of the molecule is COc1nc(CCc2ccccc2)cc(Oc2cc(N)cc(Cl)c2)c1Cl. The number of aryl methyl sites for hydroxylation is 2. The van der Waals surface area contributed by atoms with E-state index in [9.17, 15) is 0 Å². The Morgan fingerprint density at radius 2 is 1.77 bits per heavy atom. The van der Waals surface area contributed by atoms with Gasteiger partial charge in [-0.25, -0.2) is 4.98 Å². The molecule has 0 radical (unpaired) electrons. The summed E-state index contributed by atoms with van der Waals surface area (Å²) in [5, 5.41) is 0.788. The minimum absolute atomic E-state index is 0.300. The van der Waals surface area contributed by atoms with Crippen LogP contribution in [-0.2, 0) is 12.8 Å². The van der Waals surface area contributed by atoms with Crippen LogP contribution in [0.2, 0.25) is 10.0 Å². The van der Waals surface area contributed by atoms with Crippen molar-refractivity contribution in [1.29, 1.82) is 0 Å². The molecule has 0 aliphatic rings. The van der Waals surface area contributed by atoms with Gasteiger partial charge >= 0.3 is 0 Å². The molecule has 0 spiro atoms. The molecule has 2 aromatic carbocycles. The number of pyridine rings is 1. The van der Waals surface area contributed by atoms with E-state index < -0.39 is 0 Å². The fourth-order valence-electron chi connectivity index (χ4n) is 2.56. The van der Waals surface area contributed by atoms with Crippen LogP contribution in [-0.4, -0.2) is 12.1 Å². The normalized spacial score (nSPS) is 10.6. The number of benzene rings is 2. The Bertz CT molecular complexity index is 882. The topological polar surface area (TPSA) is 57.4 Å². The molecule has 4 nitrogen and oxygen atoms in total. The number of halogens is 2. The molecule has 3 rings (SSSR count). The number of hydrogen-bond donors (Lipinski definition) is 1. The zero-order valence-corrected chi connectivity index (χ0v) is 15.7. The van der Waals surface area contributed by atoms with Crippen molar-refractivity contribution in [3.63, 3.8) is 0 Å². The van der Waals surface area contributed by atoms with Crippen molar-refractivity contribution < 1.29 is 9.47 Å². The molecule has 0 aliphatic carbocycles. The van der Waals surface area contributed by atoms with Gasteiger partial charge in [0.25, 0.3) is 0 Å². The fourth-order valence-corrected chi connectivity index (χ4v) is 3.00. The first-order valence-electron chi connectivity index (χ1n) is 8.06. The molecule has 0 aliphatic heterocycles. The van der Waals surface area contributed by atoms with Gasteiger partial charge in [0.1, 0.15) is 10.8 Å². The number of methoxy groups -OCH3 is 1. The van der Waals surface area contributed by atoms with Gasteiger partial charge in [-0.3, -0.25) is 0 Å². The number of ether oxygens (including phenoxy) is 2. The standard InChI is InChI=1S/C20H18Cl2N2O2/c1-25-20-19(22)18(26-17-10-14(21)9-15(23)11-17)12-16(24-20)8-7-13-5-3-2-4-6-13/h2-6,9-12H,7-8,23H2,1H3. The molecule has 0 amide bonds. The van der Waals surface area contributed by atoms with E-state index in [2.05, 4.69) is 17.1 Å². The lowest BCUT2D eigenvalue weighted by Crippen LogP contribution is -2.00. The average Bonchev–Trinajstić information content (AvgIpc) is 2.62. The average molecular weight is 389 g/mol. The Kier molecular flexibility index (Phi) is 5.86. The lowest BCUT2D eigenvalue weighted by atomic mass is 10.1. The zero-order chi connectivity index (χ0) is 18.5. The summed E-state index contributed by atoms with van der Waals surface area (Å²) in [4.78, 5) is 4.46. The third-order valence-electron chi connectivity index (χ3n) is 3.77. The molecular formula is C20H18Cl2N2O2. The van der Waals surface area contributed by atoms with Crippen LogP contribution in [0.15, 0.2) is 54.6 Å². The second-order valence-corrected chi connectivity index (χ2v) is 6.56. The zero-order valence-electron chi connectivity index (χ0n) is 14.2. The van der Waals surface area contributed by atoms with Crippen LogP contribution >= 0.6 is 23.2 Å². The van der Waals surface area contributed by atoms with Crippen LogP contribution in [0, 0.1) is 0 Å². The van der Waals surface area contributed by atoms with Crippen molar-refractivity contribution in [3.8, 4) is 17.4 Å². The van der Waals surface area contributed by atoms with Crippen LogP contribution in [0.4, 0.5) is 5.69 Å². The predicted molar refractivity (Wildman–Crippen MR) is 106 cm³/mol. The van der Waals surface area contributed by atoms with Gasteiger partial charge < -0.3 is 15.2 Å². The summed E-state index contributed by atoms with van der Waals surface area (Å²) in [6, 6.07) is 17.0. The number of hydrogen-bond acceptors (Lipinski definition) is 4. The maximum atomic E-state index is 6.35. The van der Waals surface area contributed by atoms with E-state index in [1.54, 1.807) is 18.2 Å². The number of nitrogen functional groups attached to an aromatic ring is 1. The molecule has 0 saturated heterocycles. The number of aromatic nitrogens is 1. The molecular weight excluding hydrogens is 371 g/mol. The van der Waals surface area contributed by atoms with Gasteiger partial charge in [0.2, 0.25) is 5.88 Å².